The molecular weight excluding hydrogens is 258 g/mol. The van der Waals surface area contributed by atoms with Gasteiger partial charge < -0.3 is 9.63 Å². The van der Waals surface area contributed by atoms with Crippen LogP contribution in [0.1, 0.15) is 5.76 Å². The van der Waals surface area contributed by atoms with Gasteiger partial charge in [-0.25, -0.2) is 0 Å². The molecule has 0 fully saturated rings. The summed E-state index contributed by atoms with van der Waals surface area (Å²) in [7, 11) is 0. The topological polar surface area (TPSA) is 118 Å². The average molecular weight is 267 g/mol. The van der Waals surface area contributed by atoms with Crippen LogP contribution in [0.3, 0.4) is 0 Å². The second-order valence-electron chi connectivity index (χ2n) is 3.71. The van der Waals surface area contributed by atoms with E-state index in [4.69, 9.17) is 20.2 Å². The van der Waals surface area contributed by atoms with Crippen LogP contribution in [0.5, 0.6) is 0 Å². The summed E-state index contributed by atoms with van der Waals surface area (Å²) in [5, 5.41) is 33.4. The third kappa shape index (κ3) is 2.99. The molecule has 1 heterocycles. The molecule has 2 N–H and O–H groups in total. The predicted molar refractivity (Wildman–Crippen MR) is 70.1 cm³/mol. The van der Waals surface area contributed by atoms with Gasteiger partial charge in [0.1, 0.15) is 24.4 Å². The SMILES string of the molecule is N#CC(C#N)=NNc1ccc(-c2cc(CO)on2)cc1. The fourth-order valence-electron chi connectivity index (χ4n) is 1.43. The number of aromatic nitrogens is 1. The summed E-state index contributed by atoms with van der Waals surface area (Å²) in [5.74, 6) is 0.388. The van der Waals surface area contributed by atoms with Crippen LogP contribution in [0.2, 0.25) is 0 Å². The molecule has 0 radical (unpaired) electrons. The zero-order valence-corrected chi connectivity index (χ0v) is 10.2. The van der Waals surface area contributed by atoms with Crippen LogP contribution in [-0.4, -0.2) is 16.0 Å². The standard InChI is InChI=1S/C13H9N5O2/c14-6-11(7-15)17-16-10-3-1-9(2-4-10)13-5-12(8-19)20-18-13/h1-5,16,19H,8H2. The van der Waals surface area contributed by atoms with E-state index >= 15 is 0 Å². The number of nitrogens with one attached hydrogen (secondary N) is 1. The van der Waals surface area contributed by atoms with Crippen LogP contribution in [-0.2, 0) is 6.61 Å². The molecule has 1 aromatic heterocycles. The monoisotopic (exact) mass is 267 g/mol. The molecule has 0 saturated carbocycles. The van der Waals surface area contributed by atoms with Crippen LogP contribution in [0.4, 0.5) is 5.69 Å². The van der Waals surface area contributed by atoms with Crippen molar-refractivity contribution in [2.24, 2.45) is 5.10 Å². The normalized spacial score (nSPS) is 9.35. The van der Waals surface area contributed by atoms with Gasteiger partial charge in [-0.05, 0) is 12.1 Å². The summed E-state index contributed by atoms with van der Waals surface area (Å²) in [6.45, 7) is -0.202. The van der Waals surface area contributed by atoms with Crippen molar-refractivity contribution in [3.05, 3.63) is 36.1 Å². The number of aliphatic hydroxyl groups is 1. The number of nitriles is 2. The minimum absolute atomic E-state index is 0.202. The number of hydrazone groups is 1. The van der Waals surface area contributed by atoms with Gasteiger partial charge in [0.05, 0.1) is 5.69 Å². The quantitative estimate of drug-likeness (QED) is 0.642. The van der Waals surface area contributed by atoms with E-state index in [1.807, 2.05) is 0 Å². The molecule has 0 saturated heterocycles. The van der Waals surface area contributed by atoms with Gasteiger partial charge in [0.25, 0.3) is 0 Å². The molecule has 2 aromatic rings. The molecule has 98 valence electrons. The van der Waals surface area contributed by atoms with Gasteiger partial charge in [-0.2, -0.15) is 15.6 Å². The Morgan fingerprint density at radius 3 is 2.55 bits per heavy atom. The van der Waals surface area contributed by atoms with E-state index in [1.54, 1.807) is 42.5 Å². The first-order chi connectivity index (χ1) is 9.76. The molecule has 0 atom stereocenters. The molecule has 0 amide bonds. The Hall–Kier alpha value is -3.16. The molecule has 0 aliphatic heterocycles. The van der Waals surface area contributed by atoms with Gasteiger partial charge in [0.2, 0.25) is 5.71 Å². The highest BCUT2D eigenvalue weighted by molar-refractivity contribution is 6.10. The highest BCUT2D eigenvalue weighted by atomic mass is 16.5. The number of benzene rings is 1. The highest BCUT2D eigenvalue weighted by Gasteiger charge is 2.05. The molecule has 2 rings (SSSR count). The Bertz CT molecular complexity index is 688. The number of hydrogen-bond donors (Lipinski definition) is 2. The minimum Gasteiger partial charge on any atom is -0.388 e. The fourth-order valence-corrected chi connectivity index (χ4v) is 1.43. The van der Waals surface area contributed by atoms with Gasteiger partial charge in [-0.15, -0.1) is 0 Å². The molecule has 7 nitrogen and oxygen atoms in total. The van der Waals surface area contributed by atoms with E-state index in [1.165, 1.54) is 0 Å². The number of hydrogen-bond acceptors (Lipinski definition) is 7. The van der Waals surface area contributed by atoms with E-state index < -0.39 is 0 Å². The molecule has 0 aliphatic carbocycles. The van der Waals surface area contributed by atoms with E-state index in [2.05, 4.69) is 15.7 Å². The van der Waals surface area contributed by atoms with Crippen molar-refractivity contribution in [1.82, 2.24) is 5.16 Å². The van der Waals surface area contributed by atoms with Crippen LogP contribution in [0, 0.1) is 22.7 Å². The number of aliphatic hydroxyl groups excluding tert-OH is 1. The molecular formula is C13H9N5O2. The zero-order valence-electron chi connectivity index (χ0n) is 10.2. The first kappa shape index (κ1) is 13.3. The van der Waals surface area contributed by atoms with Crippen molar-refractivity contribution >= 4 is 11.4 Å². The smallest absolute Gasteiger partial charge is 0.237 e. The van der Waals surface area contributed by atoms with Crippen molar-refractivity contribution in [2.45, 2.75) is 6.61 Å². The van der Waals surface area contributed by atoms with Crippen molar-refractivity contribution < 1.29 is 9.63 Å². The molecule has 7 heteroatoms. The van der Waals surface area contributed by atoms with Gasteiger partial charge in [0.15, 0.2) is 5.76 Å². The Balaban J connectivity index is 2.13. The number of rotatable bonds is 4. The molecule has 0 unspecified atom stereocenters. The predicted octanol–water partition coefficient (Wildman–Crippen LogP) is 1.65. The lowest BCUT2D eigenvalue weighted by Gasteiger charge is -2.00. The highest BCUT2D eigenvalue weighted by Crippen LogP contribution is 2.21. The summed E-state index contributed by atoms with van der Waals surface area (Å²) in [4.78, 5) is 0. The summed E-state index contributed by atoms with van der Waals surface area (Å²) >= 11 is 0. The van der Waals surface area contributed by atoms with Gasteiger partial charge >= 0.3 is 0 Å². The fraction of sp³-hybridized carbons (Fsp3) is 0.0769. The Morgan fingerprint density at radius 2 is 2.00 bits per heavy atom. The Kier molecular flexibility index (Phi) is 4.07. The zero-order chi connectivity index (χ0) is 14.4. The van der Waals surface area contributed by atoms with Crippen LogP contribution in [0.15, 0.2) is 40.0 Å². The molecule has 0 spiro atoms. The first-order valence-electron chi connectivity index (χ1n) is 5.57. The Labute approximate surface area is 114 Å². The van der Waals surface area contributed by atoms with Crippen LogP contribution in [0.25, 0.3) is 11.3 Å². The van der Waals surface area contributed by atoms with Crippen molar-refractivity contribution in [3.8, 4) is 23.4 Å². The largest absolute Gasteiger partial charge is 0.388 e. The molecule has 0 aliphatic rings. The van der Waals surface area contributed by atoms with Crippen molar-refractivity contribution in [2.75, 3.05) is 5.43 Å². The Morgan fingerprint density at radius 1 is 1.30 bits per heavy atom. The lowest BCUT2D eigenvalue weighted by atomic mass is 10.1. The van der Waals surface area contributed by atoms with Gasteiger partial charge in [-0.3, -0.25) is 5.43 Å². The minimum atomic E-state index is -0.252. The first-order valence-corrected chi connectivity index (χ1v) is 5.57. The average Bonchev–Trinajstić information content (AvgIpc) is 2.98. The van der Waals surface area contributed by atoms with E-state index in [0.29, 0.717) is 17.1 Å². The lowest BCUT2D eigenvalue weighted by Crippen LogP contribution is -1.96. The third-order valence-corrected chi connectivity index (χ3v) is 2.40. The van der Waals surface area contributed by atoms with Crippen molar-refractivity contribution in [1.29, 1.82) is 10.5 Å². The maximum Gasteiger partial charge on any atom is 0.237 e. The maximum atomic E-state index is 8.90. The summed E-state index contributed by atoms with van der Waals surface area (Å²) in [6.07, 6.45) is 0. The number of nitrogens with zero attached hydrogens (tertiary/aromatic N) is 4. The summed E-state index contributed by atoms with van der Waals surface area (Å²) in [6, 6.07) is 11.9. The van der Waals surface area contributed by atoms with Gasteiger partial charge in [-0.1, -0.05) is 17.3 Å². The van der Waals surface area contributed by atoms with Gasteiger partial charge in [0, 0.05) is 11.6 Å². The molecule has 0 bridgehead atoms. The van der Waals surface area contributed by atoms with E-state index in [9.17, 15) is 0 Å². The summed E-state index contributed by atoms with van der Waals surface area (Å²) in [5.41, 5.74) is 4.40. The summed E-state index contributed by atoms with van der Waals surface area (Å²) < 4.78 is 4.90. The van der Waals surface area contributed by atoms with E-state index in [0.717, 1.165) is 5.56 Å². The lowest BCUT2D eigenvalue weighted by molar-refractivity contribution is 0.229. The van der Waals surface area contributed by atoms with Crippen molar-refractivity contribution in [3.63, 3.8) is 0 Å². The maximum absolute atomic E-state index is 8.90. The molecule has 1 aromatic carbocycles. The second kappa shape index (κ2) is 6.14. The van der Waals surface area contributed by atoms with Crippen LogP contribution < -0.4 is 5.43 Å². The third-order valence-electron chi connectivity index (χ3n) is 2.40. The number of anilines is 1. The molecule has 20 heavy (non-hydrogen) atoms. The second-order valence-corrected chi connectivity index (χ2v) is 3.71. The van der Waals surface area contributed by atoms with Crippen LogP contribution >= 0.6 is 0 Å². The van der Waals surface area contributed by atoms with E-state index in [-0.39, 0.29) is 12.3 Å².